The number of benzene rings is 1. The Morgan fingerprint density at radius 1 is 1.30 bits per heavy atom. The van der Waals surface area contributed by atoms with E-state index >= 15 is 0 Å². The first-order valence-corrected chi connectivity index (χ1v) is 6.42. The van der Waals surface area contributed by atoms with Gasteiger partial charge in [-0.2, -0.15) is 0 Å². The maximum absolute atomic E-state index is 11.1. The smallest absolute Gasteiger partial charge is 0.309 e. The molecule has 0 aliphatic carbocycles. The minimum absolute atomic E-state index is 0.234. The minimum atomic E-state index is -0.249. The molecule has 104 valence electrons. The van der Waals surface area contributed by atoms with Crippen LogP contribution in [0.3, 0.4) is 0 Å². The minimum Gasteiger partial charge on any atom is -0.469 e. The largest absolute Gasteiger partial charge is 0.469 e. The fourth-order valence-electron chi connectivity index (χ4n) is 1.64. The second-order valence-corrected chi connectivity index (χ2v) is 4.46. The molecule has 0 fully saturated rings. The van der Waals surface area contributed by atoms with E-state index in [1.54, 1.807) is 12.3 Å². The van der Waals surface area contributed by atoms with E-state index in [4.69, 9.17) is 11.6 Å². The molecule has 5 nitrogen and oxygen atoms in total. The van der Waals surface area contributed by atoms with Crippen molar-refractivity contribution >= 4 is 23.3 Å². The zero-order valence-corrected chi connectivity index (χ0v) is 11.7. The topological polar surface area (TPSA) is 64.1 Å². The summed E-state index contributed by atoms with van der Waals surface area (Å²) >= 11 is 5.72. The number of anilines is 1. The molecule has 0 unspecified atom stereocenters. The molecule has 0 saturated carbocycles. The van der Waals surface area contributed by atoms with Crippen molar-refractivity contribution in [1.29, 1.82) is 0 Å². The highest BCUT2D eigenvalue weighted by molar-refractivity contribution is 6.28. The Bertz CT molecular complexity index is 587. The van der Waals surface area contributed by atoms with Gasteiger partial charge in [0, 0.05) is 11.9 Å². The van der Waals surface area contributed by atoms with Crippen LogP contribution in [-0.4, -0.2) is 23.0 Å². The van der Waals surface area contributed by atoms with Gasteiger partial charge in [-0.05, 0) is 35.4 Å². The number of ether oxygens (including phenoxy) is 1. The normalized spacial score (nSPS) is 10.1. The van der Waals surface area contributed by atoms with Crippen LogP contribution in [0.15, 0.2) is 36.5 Å². The van der Waals surface area contributed by atoms with E-state index in [1.807, 2.05) is 24.3 Å². The van der Waals surface area contributed by atoms with Crippen LogP contribution in [0.2, 0.25) is 5.28 Å². The van der Waals surface area contributed by atoms with E-state index in [1.165, 1.54) is 7.11 Å². The molecule has 0 saturated heterocycles. The van der Waals surface area contributed by atoms with Crippen LogP contribution >= 0.6 is 11.6 Å². The maximum Gasteiger partial charge on any atom is 0.309 e. The van der Waals surface area contributed by atoms with Gasteiger partial charge in [0.15, 0.2) is 0 Å². The molecule has 0 aliphatic rings. The molecule has 20 heavy (non-hydrogen) atoms. The highest BCUT2D eigenvalue weighted by Gasteiger charge is 2.03. The van der Waals surface area contributed by atoms with Crippen LogP contribution in [0.1, 0.15) is 11.3 Å². The van der Waals surface area contributed by atoms with Crippen LogP contribution in [0.4, 0.5) is 5.69 Å². The molecule has 2 rings (SSSR count). The van der Waals surface area contributed by atoms with Crippen molar-refractivity contribution < 1.29 is 9.53 Å². The quantitative estimate of drug-likeness (QED) is 0.677. The van der Waals surface area contributed by atoms with Crippen LogP contribution in [0.5, 0.6) is 0 Å². The van der Waals surface area contributed by atoms with Gasteiger partial charge in [0.2, 0.25) is 5.28 Å². The Balaban J connectivity index is 1.92. The van der Waals surface area contributed by atoms with Gasteiger partial charge in [-0.1, -0.05) is 12.1 Å². The first kappa shape index (κ1) is 14.3. The lowest BCUT2D eigenvalue weighted by atomic mass is 10.1. The number of halogens is 1. The number of nitrogens with zero attached hydrogens (tertiary/aromatic N) is 2. The van der Waals surface area contributed by atoms with Gasteiger partial charge < -0.3 is 10.1 Å². The van der Waals surface area contributed by atoms with Gasteiger partial charge in [-0.3, -0.25) is 4.79 Å². The monoisotopic (exact) mass is 291 g/mol. The zero-order chi connectivity index (χ0) is 14.4. The van der Waals surface area contributed by atoms with E-state index < -0.39 is 0 Å². The van der Waals surface area contributed by atoms with Gasteiger partial charge >= 0.3 is 5.97 Å². The Hall–Kier alpha value is -2.14. The average Bonchev–Trinajstić information content (AvgIpc) is 2.46. The molecule has 6 heteroatoms. The van der Waals surface area contributed by atoms with E-state index in [-0.39, 0.29) is 17.7 Å². The van der Waals surface area contributed by atoms with Crippen molar-refractivity contribution in [1.82, 2.24) is 9.97 Å². The number of rotatable bonds is 5. The molecular weight excluding hydrogens is 278 g/mol. The van der Waals surface area contributed by atoms with E-state index in [0.717, 1.165) is 16.9 Å². The number of esters is 1. The molecule has 1 heterocycles. The molecular formula is C14H14ClN3O2. The lowest BCUT2D eigenvalue weighted by Gasteiger charge is -2.07. The highest BCUT2D eigenvalue weighted by atomic mass is 35.5. The molecule has 0 spiro atoms. The lowest BCUT2D eigenvalue weighted by molar-refractivity contribution is -0.139. The van der Waals surface area contributed by atoms with E-state index in [9.17, 15) is 4.79 Å². The number of hydrogen-bond donors (Lipinski definition) is 1. The maximum atomic E-state index is 11.1. The Labute approximate surface area is 122 Å². The molecule has 2 aromatic rings. The van der Waals surface area contributed by atoms with Crippen molar-refractivity contribution in [2.75, 3.05) is 12.4 Å². The second-order valence-electron chi connectivity index (χ2n) is 4.12. The molecule has 1 aromatic carbocycles. The number of nitrogens with one attached hydrogen (secondary N) is 1. The summed E-state index contributed by atoms with van der Waals surface area (Å²) in [6, 6.07) is 9.37. The third kappa shape index (κ3) is 4.20. The SMILES string of the molecule is COC(=O)Cc1ccc(NCc2ccnc(Cl)n2)cc1. The first-order valence-electron chi connectivity index (χ1n) is 6.04. The second kappa shape index (κ2) is 6.86. The van der Waals surface area contributed by atoms with Gasteiger partial charge in [-0.25, -0.2) is 9.97 Å². The van der Waals surface area contributed by atoms with Crippen molar-refractivity contribution in [3.05, 3.63) is 53.1 Å². The molecule has 0 aliphatic heterocycles. The number of hydrogen-bond acceptors (Lipinski definition) is 5. The number of aromatic nitrogens is 2. The summed E-state index contributed by atoms with van der Waals surface area (Å²) < 4.78 is 4.62. The summed E-state index contributed by atoms with van der Waals surface area (Å²) in [4.78, 5) is 19.1. The Morgan fingerprint density at radius 3 is 2.70 bits per heavy atom. The molecule has 0 atom stereocenters. The molecule has 1 N–H and O–H groups in total. The predicted octanol–water partition coefficient (Wildman–Crippen LogP) is 2.46. The summed E-state index contributed by atoms with van der Waals surface area (Å²) in [5.74, 6) is -0.249. The van der Waals surface area contributed by atoms with Crippen LogP contribution in [0.25, 0.3) is 0 Å². The van der Waals surface area contributed by atoms with E-state index in [0.29, 0.717) is 6.54 Å². The average molecular weight is 292 g/mol. The fraction of sp³-hybridized carbons (Fsp3) is 0.214. The molecule has 0 amide bonds. The van der Waals surface area contributed by atoms with Gasteiger partial charge in [0.25, 0.3) is 0 Å². The van der Waals surface area contributed by atoms with Crippen molar-refractivity contribution in [3.63, 3.8) is 0 Å². The third-order valence-electron chi connectivity index (χ3n) is 2.69. The highest BCUT2D eigenvalue weighted by Crippen LogP contribution is 2.12. The summed E-state index contributed by atoms with van der Waals surface area (Å²) in [5, 5.41) is 3.45. The van der Waals surface area contributed by atoms with Gasteiger partial charge in [-0.15, -0.1) is 0 Å². The number of carbonyl (C=O) groups excluding carboxylic acids is 1. The molecule has 1 aromatic heterocycles. The number of methoxy groups -OCH3 is 1. The fourth-order valence-corrected chi connectivity index (χ4v) is 1.80. The third-order valence-corrected chi connectivity index (χ3v) is 2.87. The molecule has 0 bridgehead atoms. The van der Waals surface area contributed by atoms with Gasteiger partial charge in [0.05, 0.1) is 25.8 Å². The van der Waals surface area contributed by atoms with Crippen LogP contribution in [0, 0.1) is 0 Å². The summed E-state index contributed by atoms with van der Waals surface area (Å²) in [5.41, 5.74) is 2.66. The zero-order valence-electron chi connectivity index (χ0n) is 11.0. The van der Waals surface area contributed by atoms with Gasteiger partial charge in [0.1, 0.15) is 0 Å². The standard InChI is InChI=1S/C14H14ClN3O2/c1-20-13(19)8-10-2-4-11(5-3-10)17-9-12-6-7-16-14(15)18-12/h2-7,17H,8-9H2,1H3. The summed E-state index contributed by atoms with van der Waals surface area (Å²) in [6.45, 7) is 0.554. The number of carbonyl (C=O) groups is 1. The summed E-state index contributed by atoms with van der Waals surface area (Å²) in [7, 11) is 1.38. The lowest BCUT2D eigenvalue weighted by Crippen LogP contribution is -2.05. The van der Waals surface area contributed by atoms with Crippen molar-refractivity contribution in [2.45, 2.75) is 13.0 Å². The molecule has 0 radical (unpaired) electrons. The Morgan fingerprint density at radius 2 is 2.05 bits per heavy atom. The van der Waals surface area contributed by atoms with Crippen LogP contribution < -0.4 is 5.32 Å². The van der Waals surface area contributed by atoms with Crippen molar-refractivity contribution in [2.24, 2.45) is 0 Å². The van der Waals surface area contributed by atoms with Crippen LogP contribution in [-0.2, 0) is 22.5 Å². The van der Waals surface area contributed by atoms with Crippen molar-refractivity contribution in [3.8, 4) is 0 Å². The predicted molar refractivity (Wildman–Crippen MR) is 76.5 cm³/mol. The summed E-state index contributed by atoms with van der Waals surface area (Å²) in [6.07, 6.45) is 1.89. The Kier molecular flexibility index (Phi) is 4.90. The van der Waals surface area contributed by atoms with E-state index in [2.05, 4.69) is 20.0 Å². The first-order chi connectivity index (χ1) is 9.67.